The lowest BCUT2D eigenvalue weighted by molar-refractivity contribution is -0.127. The summed E-state index contributed by atoms with van der Waals surface area (Å²) in [6.45, 7) is 6.30. The van der Waals surface area contributed by atoms with Crippen molar-refractivity contribution in [2.45, 2.75) is 39.3 Å². The van der Waals surface area contributed by atoms with Gasteiger partial charge < -0.3 is 15.8 Å². The van der Waals surface area contributed by atoms with Gasteiger partial charge in [0.2, 0.25) is 5.91 Å². The van der Waals surface area contributed by atoms with Crippen LogP contribution >= 0.6 is 0 Å². The summed E-state index contributed by atoms with van der Waals surface area (Å²) in [6.07, 6.45) is 0.830. The first kappa shape index (κ1) is 20.9. The first-order valence-electron chi connectivity index (χ1n) is 10.4. The molecule has 2 aromatic carbocycles. The lowest BCUT2D eigenvalue weighted by Crippen LogP contribution is -2.47. The van der Waals surface area contributed by atoms with Crippen molar-refractivity contribution in [3.05, 3.63) is 59.2 Å². The van der Waals surface area contributed by atoms with E-state index < -0.39 is 17.4 Å². The summed E-state index contributed by atoms with van der Waals surface area (Å²) < 4.78 is 5.30. The van der Waals surface area contributed by atoms with Crippen molar-refractivity contribution in [2.24, 2.45) is 17.1 Å². The van der Waals surface area contributed by atoms with Gasteiger partial charge in [-0.05, 0) is 60.7 Å². The van der Waals surface area contributed by atoms with E-state index in [2.05, 4.69) is 19.2 Å². The topological polar surface area (TPSA) is 102 Å². The monoisotopic (exact) mass is 421 g/mol. The molecule has 2 aromatic rings. The van der Waals surface area contributed by atoms with E-state index >= 15 is 0 Å². The van der Waals surface area contributed by atoms with Crippen LogP contribution in [0.5, 0.6) is 0 Å². The Morgan fingerprint density at radius 2 is 2.06 bits per heavy atom. The van der Waals surface area contributed by atoms with Crippen LogP contribution in [0.3, 0.4) is 0 Å². The molecule has 3 atom stereocenters. The molecule has 3 N–H and O–H groups in total. The Morgan fingerprint density at radius 1 is 1.29 bits per heavy atom. The smallest absolute Gasteiger partial charge is 0.414 e. The van der Waals surface area contributed by atoms with Crippen LogP contribution in [0.2, 0.25) is 0 Å². The highest BCUT2D eigenvalue weighted by Crippen LogP contribution is 2.46. The summed E-state index contributed by atoms with van der Waals surface area (Å²) in [5, 5.41) is 3.45. The number of ether oxygens (including phenoxy) is 1. The maximum absolute atomic E-state index is 12.6. The van der Waals surface area contributed by atoms with Gasteiger partial charge in [-0.15, -0.1) is 0 Å². The Hall–Kier alpha value is -3.35. The van der Waals surface area contributed by atoms with Crippen LogP contribution in [0.4, 0.5) is 16.2 Å². The summed E-state index contributed by atoms with van der Waals surface area (Å²) in [7, 11) is 0. The first-order valence-corrected chi connectivity index (χ1v) is 10.4. The standard InChI is InChI=1S/C24H27N3O4/c1-14(2)20-13-31-23(30)27(20)18-6-4-5-16(10-18)21-24(3,22(25)29)11-17-9-15(12-28)7-8-19(17)26-21/h4-10,12,14,20-21,26H,11,13H2,1-3H3,(H2,25,29)/t20-,21?,24?/m0/s1. The van der Waals surface area contributed by atoms with Gasteiger partial charge in [-0.2, -0.15) is 0 Å². The highest BCUT2D eigenvalue weighted by molar-refractivity contribution is 5.91. The molecular formula is C24H27N3O4. The molecule has 2 unspecified atom stereocenters. The van der Waals surface area contributed by atoms with E-state index in [0.29, 0.717) is 18.6 Å². The van der Waals surface area contributed by atoms with Crippen LogP contribution in [0.25, 0.3) is 0 Å². The molecule has 0 aromatic heterocycles. The number of hydrogen-bond acceptors (Lipinski definition) is 5. The van der Waals surface area contributed by atoms with Crippen LogP contribution in [0, 0.1) is 11.3 Å². The summed E-state index contributed by atoms with van der Waals surface area (Å²) in [4.78, 5) is 37.9. The van der Waals surface area contributed by atoms with Crippen molar-refractivity contribution in [3.8, 4) is 0 Å². The number of benzene rings is 2. The quantitative estimate of drug-likeness (QED) is 0.717. The molecule has 0 spiro atoms. The number of fused-ring (bicyclic) bond motifs is 1. The minimum atomic E-state index is -0.921. The predicted octanol–water partition coefficient (Wildman–Crippen LogP) is 3.68. The Kier molecular flexibility index (Phi) is 5.21. The zero-order chi connectivity index (χ0) is 22.3. The van der Waals surface area contributed by atoms with E-state index in [1.54, 1.807) is 17.0 Å². The van der Waals surface area contributed by atoms with Crippen LogP contribution in [0.1, 0.15) is 48.3 Å². The van der Waals surface area contributed by atoms with E-state index in [-0.39, 0.29) is 18.1 Å². The fourth-order valence-electron chi connectivity index (χ4n) is 4.54. The number of anilines is 2. The molecule has 2 amide bonds. The summed E-state index contributed by atoms with van der Waals surface area (Å²) in [5.74, 6) is -0.198. The zero-order valence-corrected chi connectivity index (χ0v) is 17.9. The molecule has 0 saturated carbocycles. The lowest BCUT2D eigenvalue weighted by Gasteiger charge is -2.41. The van der Waals surface area contributed by atoms with Gasteiger partial charge in [-0.3, -0.25) is 14.5 Å². The van der Waals surface area contributed by atoms with E-state index in [1.807, 2.05) is 37.3 Å². The number of cyclic esters (lactones) is 1. The average Bonchev–Trinajstić information content (AvgIpc) is 3.14. The highest BCUT2D eigenvalue weighted by atomic mass is 16.6. The third kappa shape index (κ3) is 3.54. The number of rotatable bonds is 5. The highest BCUT2D eigenvalue weighted by Gasteiger charge is 2.45. The van der Waals surface area contributed by atoms with E-state index in [1.165, 1.54) is 0 Å². The average molecular weight is 421 g/mol. The second-order valence-electron chi connectivity index (χ2n) is 8.92. The number of aldehydes is 1. The molecule has 4 rings (SSSR count). The van der Waals surface area contributed by atoms with Crippen molar-refractivity contribution >= 4 is 29.7 Å². The molecule has 0 bridgehead atoms. The fourth-order valence-corrected chi connectivity index (χ4v) is 4.54. The van der Waals surface area contributed by atoms with Crippen LogP contribution < -0.4 is 16.0 Å². The number of nitrogens with one attached hydrogen (secondary N) is 1. The number of primary amides is 1. The van der Waals surface area contributed by atoms with Crippen molar-refractivity contribution in [1.82, 2.24) is 0 Å². The van der Waals surface area contributed by atoms with Gasteiger partial charge in [0.15, 0.2) is 0 Å². The first-order chi connectivity index (χ1) is 14.7. The van der Waals surface area contributed by atoms with Crippen molar-refractivity contribution in [3.63, 3.8) is 0 Å². The fraction of sp³-hybridized carbons (Fsp3) is 0.375. The maximum atomic E-state index is 12.6. The number of nitrogens with two attached hydrogens (primary N) is 1. The van der Waals surface area contributed by atoms with Crippen molar-refractivity contribution in [1.29, 1.82) is 0 Å². The van der Waals surface area contributed by atoms with Crippen LogP contribution in [-0.2, 0) is 16.0 Å². The van der Waals surface area contributed by atoms with Gasteiger partial charge >= 0.3 is 6.09 Å². The summed E-state index contributed by atoms with van der Waals surface area (Å²) in [6, 6.07) is 12.5. The Morgan fingerprint density at radius 3 is 2.74 bits per heavy atom. The van der Waals surface area contributed by atoms with E-state index in [9.17, 15) is 14.4 Å². The van der Waals surface area contributed by atoms with Gasteiger partial charge in [0.1, 0.15) is 12.9 Å². The molecular weight excluding hydrogens is 394 g/mol. The molecule has 31 heavy (non-hydrogen) atoms. The van der Waals surface area contributed by atoms with Gasteiger partial charge in [0.05, 0.1) is 17.5 Å². The molecule has 2 heterocycles. The molecule has 7 nitrogen and oxygen atoms in total. The molecule has 0 aliphatic carbocycles. The van der Waals surface area contributed by atoms with Crippen molar-refractivity contribution in [2.75, 3.05) is 16.8 Å². The second-order valence-corrected chi connectivity index (χ2v) is 8.92. The third-order valence-electron chi connectivity index (χ3n) is 6.48. The van der Waals surface area contributed by atoms with Gasteiger partial charge in [0.25, 0.3) is 0 Å². The Labute approximate surface area is 181 Å². The lowest BCUT2D eigenvalue weighted by atomic mass is 9.70. The predicted molar refractivity (Wildman–Crippen MR) is 118 cm³/mol. The largest absolute Gasteiger partial charge is 0.447 e. The molecule has 7 heteroatoms. The molecule has 2 aliphatic heterocycles. The van der Waals surface area contributed by atoms with Gasteiger partial charge in [-0.1, -0.05) is 26.0 Å². The van der Waals surface area contributed by atoms with E-state index in [4.69, 9.17) is 10.5 Å². The number of nitrogens with zero attached hydrogens (tertiary/aromatic N) is 1. The van der Waals surface area contributed by atoms with Crippen LogP contribution in [-0.4, -0.2) is 30.9 Å². The number of carbonyl (C=O) groups is 3. The number of hydrogen-bond donors (Lipinski definition) is 2. The summed E-state index contributed by atoms with van der Waals surface area (Å²) >= 11 is 0. The van der Waals surface area contributed by atoms with Gasteiger partial charge in [-0.25, -0.2) is 4.79 Å². The molecule has 162 valence electrons. The molecule has 0 radical (unpaired) electrons. The minimum absolute atomic E-state index is 0.0490. The number of amides is 2. The van der Waals surface area contributed by atoms with Crippen molar-refractivity contribution < 1.29 is 19.1 Å². The number of carbonyl (C=O) groups excluding carboxylic acids is 3. The molecule has 1 fully saturated rings. The third-order valence-corrected chi connectivity index (χ3v) is 6.48. The molecule has 2 aliphatic rings. The Bertz CT molecular complexity index is 1050. The second kappa shape index (κ2) is 7.72. The Balaban J connectivity index is 1.75. The maximum Gasteiger partial charge on any atom is 0.414 e. The normalized spacial score (nSPS) is 25.0. The zero-order valence-electron chi connectivity index (χ0n) is 17.9. The molecule has 1 saturated heterocycles. The van der Waals surface area contributed by atoms with Crippen LogP contribution in [0.15, 0.2) is 42.5 Å². The summed E-state index contributed by atoms with van der Waals surface area (Å²) in [5.41, 5.74) is 8.82. The van der Waals surface area contributed by atoms with Gasteiger partial charge in [0, 0.05) is 16.9 Å². The SMILES string of the molecule is CC(C)[C@@H]1COC(=O)N1c1cccc(C2Nc3ccc(C=O)cc3CC2(C)C(N)=O)c1. The van der Waals surface area contributed by atoms with E-state index in [0.717, 1.165) is 28.8 Å². The minimum Gasteiger partial charge on any atom is -0.447 e.